The molecule has 108 valence electrons. The molecule has 1 N–H and O–H groups in total. The lowest BCUT2D eigenvalue weighted by Gasteiger charge is -2.31. The first kappa shape index (κ1) is 16.7. The highest BCUT2D eigenvalue weighted by atomic mass is 79.9. The first-order valence-corrected chi connectivity index (χ1v) is 7.99. The number of likely N-dealkylation sites (N-methyl/N-ethyl adjacent to an activating group) is 1. The molecular formula is C16H27BrN2. The SMILES string of the molecule is CCCNCC(C(C)C)N(C)Cc1cccc(Br)c1. The van der Waals surface area contributed by atoms with Gasteiger partial charge in [-0.3, -0.25) is 4.90 Å². The molecule has 0 aromatic heterocycles. The Balaban J connectivity index is 2.58. The maximum atomic E-state index is 3.54. The van der Waals surface area contributed by atoms with E-state index in [9.17, 15) is 0 Å². The fourth-order valence-electron chi connectivity index (χ4n) is 2.37. The normalized spacial score (nSPS) is 13.2. The predicted octanol–water partition coefficient (Wildman–Crippen LogP) is 3.91. The third kappa shape index (κ3) is 6.07. The van der Waals surface area contributed by atoms with Gasteiger partial charge in [0.25, 0.3) is 0 Å². The van der Waals surface area contributed by atoms with Crippen molar-refractivity contribution in [2.24, 2.45) is 5.92 Å². The molecule has 0 radical (unpaired) electrons. The molecule has 0 saturated heterocycles. The van der Waals surface area contributed by atoms with E-state index >= 15 is 0 Å². The molecule has 0 bridgehead atoms. The van der Waals surface area contributed by atoms with Gasteiger partial charge in [-0.25, -0.2) is 0 Å². The summed E-state index contributed by atoms with van der Waals surface area (Å²) in [6.07, 6.45) is 1.19. The van der Waals surface area contributed by atoms with Crippen molar-refractivity contribution in [3.05, 3.63) is 34.3 Å². The monoisotopic (exact) mass is 326 g/mol. The van der Waals surface area contributed by atoms with Crippen molar-refractivity contribution in [3.8, 4) is 0 Å². The minimum atomic E-state index is 0.575. The van der Waals surface area contributed by atoms with Crippen LogP contribution in [0.5, 0.6) is 0 Å². The summed E-state index contributed by atoms with van der Waals surface area (Å²) in [5.41, 5.74) is 1.36. The number of nitrogens with zero attached hydrogens (tertiary/aromatic N) is 1. The van der Waals surface area contributed by atoms with Crippen LogP contribution in [0, 0.1) is 5.92 Å². The summed E-state index contributed by atoms with van der Waals surface area (Å²) < 4.78 is 1.16. The van der Waals surface area contributed by atoms with E-state index < -0.39 is 0 Å². The van der Waals surface area contributed by atoms with Gasteiger partial charge in [-0.1, -0.05) is 48.8 Å². The highest BCUT2D eigenvalue weighted by Gasteiger charge is 2.18. The van der Waals surface area contributed by atoms with Gasteiger partial charge < -0.3 is 5.32 Å². The minimum absolute atomic E-state index is 0.575. The quantitative estimate of drug-likeness (QED) is 0.729. The van der Waals surface area contributed by atoms with Crippen molar-refractivity contribution >= 4 is 15.9 Å². The van der Waals surface area contributed by atoms with Crippen molar-refractivity contribution in [1.29, 1.82) is 0 Å². The van der Waals surface area contributed by atoms with Gasteiger partial charge in [0.15, 0.2) is 0 Å². The van der Waals surface area contributed by atoms with Gasteiger partial charge in [0.05, 0.1) is 0 Å². The summed E-state index contributed by atoms with van der Waals surface area (Å²) in [6, 6.07) is 9.15. The zero-order chi connectivity index (χ0) is 14.3. The van der Waals surface area contributed by atoms with E-state index in [4.69, 9.17) is 0 Å². The van der Waals surface area contributed by atoms with Crippen molar-refractivity contribution < 1.29 is 0 Å². The maximum absolute atomic E-state index is 3.54. The summed E-state index contributed by atoms with van der Waals surface area (Å²) >= 11 is 3.54. The fraction of sp³-hybridized carbons (Fsp3) is 0.625. The van der Waals surface area contributed by atoms with Gasteiger partial charge in [0, 0.05) is 23.6 Å². The lowest BCUT2D eigenvalue weighted by Crippen LogP contribution is -2.43. The molecule has 1 rings (SSSR count). The molecule has 2 nitrogen and oxygen atoms in total. The molecule has 1 unspecified atom stereocenters. The third-order valence-electron chi connectivity index (χ3n) is 3.44. The molecule has 19 heavy (non-hydrogen) atoms. The van der Waals surface area contributed by atoms with Crippen LogP contribution < -0.4 is 5.32 Å². The Morgan fingerprint density at radius 2 is 2.05 bits per heavy atom. The summed E-state index contributed by atoms with van der Waals surface area (Å²) in [5, 5.41) is 3.54. The molecule has 1 aromatic rings. The molecular weight excluding hydrogens is 300 g/mol. The van der Waals surface area contributed by atoms with Crippen molar-refractivity contribution in [3.63, 3.8) is 0 Å². The molecule has 1 aromatic carbocycles. The maximum Gasteiger partial charge on any atom is 0.0244 e. The van der Waals surface area contributed by atoms with Crippen LogP contribution in [0.25, 0.3) is 0 Å². The van der Waals surface area contributed by atoms with E-state index in [2.05, 4.69) is 78.2 Å². The molecule has 0 amide bonds. The molecule has 0 heterocycles. The summed E-state index contributed by atoms with van der Waals surface area (Å²) in [7, 11) is 2.22. The van der Waals surface area contributed by atoms with E-state index in [1.165, 1.54) is 12.0 Å². The first-order valence-electron chi connectivity index (χ1n) is 7.20. The minimum Gasteiger partial charge on any atom is -0.315 e. The van der Waals surface area contributed by atoms with Crippen molar-refractivity contribution in [1.82, 2.24) is 10.2 Å². The summed E-state index contributed by atoms with van der Waals surface area (Å²) in [6.45, 7) is 9.98. The van der Waals surface area contributed by atoms with Gasteiger partial charge in [-0.15, -0.1) is 0 Å². The Hall–Kier alpha value is -0.380. The van der Waals surface area contributed by atoms with E-state index in [1.807, 2.05) is 0 Å². The van der Waals surface area contributed by atoms with Gasteiger partial charge in [-0.2, -0.15) is 0 Å². The van der Waals surface area contributed by atoms with Crippen LogP contribution in [0.4, 0.5) is 0 Å². The molecule has 0 aliphatic carbocycles. The average molecular weight is 327 g/mol. The van der Waals surface area contributed by atoms with Gasteiger partial charge >= 0.3 is 0 Å². The Kier molecular flexibility index (Phi) is 7.66. The zero-order valence-electron chi connectivity index (χ0n) is 12.6. The lowest BCUT2D eigenvalue weighted by molar-refractivity contribution is 0.180. The second-order valence-electron chi connectivity index (χ2n) is 5.56. The third-order valence-corrected chi connectivity index (χ3v) is 3.93. The van der Waals surface area contributed by atoms with E-state index in [0.717, 1.165) is 24.1 Å². The average Bonchev–Trinajstić information content (AvgIpc) is 2.34. The first-order chi connectivity index (χ1) is 9.04. The highest BCUT2D eigenvalue weighted by molar-refractivity contribution is 9.10. The summed E-state index contributed by atoms with van der Waals surface area (Å²) in [4.78, 5) is 2.45. The number of benzene rings is 1. The number of halogens is 1. The van der Waals surface area contributed by atoms with E-state index in [1.54, 1.807) is 0 Å². The van der Waals surface area contributed by atoms with Crippen LogP contribution in [0.1, 0.15) is 32.8 Å². The van der Waals surface area contributed by atoms with E-state index in [0.29, 0.717) is 12.0 Å². The Morgan fingerprint density at radius 3 is 2.63 bits per heavy atom. The molecule has 0 spiro atoms. The number of hydrogen-bond acceptors (Lipinski definition) is 2. The second-order valence-corrected chi connectivity index (χ2v) is 6.48. The largest absolute Gasteiger partial charge is 0.315 e. The second kappa shape index (κ2) is 8.72. The highest BCUT2D eigenvalue weighted by Crippen LogP contribution is 2.16. The molecule has 0 aliphatic rings. The van der Waals surface area contributed by atoms with Crippen LogP contribution in [0.2, 0.25) is 0 Å². The Bertz CT molecular complexity index is 366. The molecule has 0 aliphatic heterocycles. The van der Waals surface area contributed by atoms with Crippen LogP contribution in [-0.4, -0.2) is 31.1 Å². The molecule has 0 saturated carbocycles. The Labute approximate surface area is 126 Å². The number of nitrogens with one attached hydrogen (secondary N) is 1. The van der Waals surface area contributed by atoms with Crippen LogP contribution in [0.15, 0.2) is 28.7 Å². The fourth-order valence-corrected chi connectivity index (χ4v) is 2.81. The topological polar surface area (TPSA) is 15.3 Å². The van der Waals surface area contributed by atoms with Crippen molar-refractivity contribution in [2.45, 2.75) is 39.8 Å². The van der Waals surface area contributed by atoms with Gasteiger partial charge in [0.1, 0.15) is 0 Å². The predicted molar refractivity (Wildman–Crippen MR) is 87.4 cm³/mol. The smallest absolute Gasteiger partial charge is 0.0244 e. The van der Waals surface area contributed by atoms with Gasteiger partial charge in [-0.05, 0) is 43.6 Å². The van der Waals surface area contributed by atoms with Crippen LogP contribution in [-0.2, 0) is 6.54 Å². The zero-order valence-corrected chi connectivity index (χ0v) is 14.2. The number of hydrogen-bond donors (Lipinski definition) is 1. The lowest BCUT2D eigenvalue weighted by atomic mass is 10.0. The molecule has 0 fully saturated rings. The molecule has 3 heteroatoms. The standard InChI is InChI=1S/C16H27BrN2/c1-5-9-18-11-16(13(2)3)19(4)12-14-7-6-8-15(17)10-14/h6-8,10,13,16,18H,5,9,11-12H2,1-4H3. The van der Waals surface area contributed by atoms with Crippen molar-refractivity contribution in [2.75, 3.05) is 20.1 Å². The van der Waals surface area contributed by atoms with Crippen LogP contribution >= 0.6 is 15.9 Å². The summed E-state index contributed by atoms with van der Waals surface area (Å²) in [5.74, 6) is 0.654. The van der Waals surface area contributed by atoms with Crippen LogP contribution in [0.3, 0.4) is 0 Å². The van der Waals surface area contributed by atoms with Gasteiger partial charge in [0.2, 0.25) is 0 Å². The van der Waals surface area contributed by atoms with E-state index in [-0.39, 0.29) is 0 Å². The number of rotatable bonds is 8. The Morgan fingerprint density at radius 1 is 1.32 bits per heavy atom. The molecule has 1 atom stereocenters.